The summed E-state index contributed by atoms with van der Waals surface area (Å²) in [6.45, 7) is 5.01. The van der Waals surface area contributed by atoms with Crippen LogP contribution in [-0.4, -0.2) is 53.1 Å². The Kier molecular flexibility index (Phi) is 4.10. The number of hydrogen-bond acceptors (Lipinski definition) is 3. The van der Waals surface area contributed by atoms with Crippen LogP contribution in [0.1, 0.15) is 36.7 Å². The zero-order valence-electron chi connectivity index (χ0n) is 15.0. The van der Waals surface area contributed by atoms with Crippen molar-refractivity contribution in [2.24, 2.45) is 24.8 Å². The van der Waals surface area contributed by atoms with E-state index in [0.29, 0.717) is 30.0 Å². The number of ether oxygens (including phenoxy) is 1. The maximum atomic E-state index is 12.3. The van der Waals surface area contributed by atoms with E-state index in [9.17, 15) is 9.59 Å². The molecule has 2 amide bonds. The van der Waals surface area contributed by atoms with Gasteiger partial charge in [0.2, 0.25) is 5.91 Å². The number of hydrogen-bond donors (Lipinski definition) is 1. The second kappa shape index (κ2) is 6.16. The molecular weight excluding hydrogens is 318 g/mol. The molecule has 1 aromatic heterocycles. The number of likely N-dealkylation sites (tertiary alicyclic amines) is 1. The Morgan fingerprint density at radius 1 is 1.40 bits per heavy atom. The van der Waals surface area contributed by atoms with Crippen LogP contribution in [0.4, 0.5) is 0 Å². The normalized spacial score (nSPS) is 29.5. The third-order valence-corrected chi connectivity index (χ3v) is 6.21. The fourth-order valence-corrected chi connectivity index (χ4v) is 4.35. The zero-order valence-corrected chi connectivity index (χ0v) is 15.0. The van der Waals surface area contributed by atoms with E-state index in [1.54, 1.807) is 0 Å². The fraction of sp³-hybridized carbons (Fsp3) is 0.684. The van der Waals surface area contributed by atoms with Gasteiger partial charge in [0.15, 0.2) is 0 Å². The van der Waals surface area contributed by atoms with Crippen LogP contribution in [0, 0.1) is 17.8 Å². The molecule has 0 bridgehead atoms. The summed E-state index contributed by atoms with van der Waals surface area (Å²) < 4.78 is 7.86. The SMILES string of the molecule is CC1CC1C(=O)N1CC2(C1)OCCC2CCNC(=O)c1cccn1C. The first kappa shape index (κ1) is 16.6. The minimum atomic E-state index is -0.163. The molecule has 3 unspecified atom stereocenters. The first-order valence-corrected chi connectivity index (χ1v) is 9.32. The van der Waals surface area contributed by atoms with Gasteiger partial charge in [0.25, 0.3) is 5.91 Å². The molecular formula is C19H27N3O3. The van der Waals surface area contributed by atoms with Gasteiger partial charge in [-0.15, -0.1) is 0 Å². The van der Waals surface area contributed by atoms with E-state index in [1.165, 1.54) is 0 Å². The van der Waals surface area contributed by atoms with Crippen LogP contribution in [0.5, 0.6) is 0 Å². The Morgan fingerprint density at radius 3 is 2.80 bits per heavy atom. The van der Waals surface area contributed by atoms with Gasteiger partial charge in [0.05, 0.1) is 13.1 Å². The van der Waals surface area contributed by atoms with Crippen LogP contribution in [0.3, 0.4) is 0 Å². The van der Waals surface area contributed by atoms with Crippen LogP contribution in [0.15, 0.2) is 18.3 Å². The molecule has 136 valence electrons. The highest BCUT2D eigenvalue weighted by molar-refractivity contribution is 5.92. The quantitative estimate of drug-likeness (QED) is 0.878. The highest BCUT2D eigenvalue weighted by Gasteiger charge is 2.56. The van der Waals surface area contributed by atoms with Gasteiger partial charge in [-0.2, -0.15) is 0 Å². The van der Waals surface area contributed by atoms with E-state index in [4.69, 9.17) is 4.74 Å². The molecule has 0 aromatic carbocycles. The summed E-state index contributed by atoms with van der Waals surface area (Å²) in [6.07, 6.45) is 4.83. The van der Waals surface area contributed by atoms with Gasteiger partial charge in [-0.3, -0.25) is 9.59 Å². The summed E-state index contributed by atoms with van der Waals surface area (Å²) in [7, 11) is 1.87. The number of nitrogens with one attached hydrogen (secondary N) is 1. The van der Waals surface area contributed by atoms with E-state index in [2.05, 4.69) is 12.2 Å². The maximum Gasteiger partial charge on any atom is 0.267 e. The number of carbonyl (C=O) groups excluding carboxylic acids is 2. The average Bonchev–Trinajstić information content (AvgIpc) is 2.95. The fourth-order valence-electron chi connectivity index (χ4n) is 4.35. The second-order valence-electron chi connectivity index (χ2n) is 7.96. The predicted molar refractivity (Wildman–Crippen MR) is 93.0 cm³/mol. The summed E-state index contributed by atoms with van der Waals surface area (Å²) in [4.78, 5) is 26.5. The van der Waals surface area contributed by atoms with Gasteiger partial charge in [0, 0.05) is 32.3 Å². The molecule has 3 aliphatic rings. The molecule has 1 spiro atoms. The van der Waals surface area contributed by atoms with Crippen molar-refractivity contribution < 1.29 is 14.3 Å². The maximum absolute atomic E-state index is 12.3. The van der Waals surface area contributed by atoms with Crippen molar-refractivity contribution in [1.82, 2.24) is 14.8 Å². The van der Waals surface area contributed by atoms with E-state index < -0.39 is 0 Å². The third kappa shape index (κ3) is 2.97. The van der Waals surface area contributed by atoms with Gasteiger partial charge in [-0.1, -0.05) is 6.92 Å². The highest BCUT2D eigenvalue weighted by Crippen LogP contribution is 2.45. The number of aromatic nitrogens is 1. The molecule has 1 aromatic rings. The van der Waals surface area contributed by atoms with Crippen LogP contribution < -0.4 is 5.32 Å². The first-order chi connectivity index (χ1) is 12.0. The van der Waals surface area contributed by atoms with E-state index >= 15 is 0 Å². The molecule has 1 N–H and O–H groups in total. The summed E-state index contributed by atoms with van der Waals surface area (Å²) in [5, 5.41) is 3.01. The van der Waals surface area contributed by atoms with Crippen molar-refractivity contribution in [1.29, 1.82) is 0 Å². The number of rotatable bonds is 5. The smallest absolute Gasteiger partial charge is 0.267 e. The highest BCUT2D eigenvalue weighted by atomic mass is 16.5. The van der Waals surface area contributed by atoms with Gasteiger partial charge in [-0.25, -0.2) is 0 Å². The van der Waals surface area contributed by atoms with Crippen molar-refractivity contribution in [2.75, 3.05) is 26.2 Å². The molecule has 3 fully saturated rings. The largest absolute Gasteiger partial charge is 0.371 e. The lowest BCUT2D eigenvalue weighted by molar-refractivity contribution is -0.166. The molecule has 0 radical (unpaired) electrons. The molecule has 1 saturated carbocycles. The number of aryl methyl sites for hydroxylation is 1. The summed E-state index contributed by atoms with van der Waals surface area (Å²) >= 11 is 0. The Labute approximate surface area is 148 Å². The minimum absolute atomic E-state index is 0.0337. The van der Waals surface area contributed by atoms with Gasteiger partial charge in [-0.05, 0) is 43.2 Å². The van der Waals surface area contributed by atoms with Crippen LogP contribution in [-0.2, 0) is 16.6 Å². The number of amides is 2. The molecule has 2 aliphatic heterocycles. The van der Waals surface area contributed by atoms with E-state index in [0.717, 1.165) is 39.0 Å². The Bertz CT molecular complexity index is 677. The van der Waals surface area contributed by atoms with Crippen LogP contribution >= 0.6 is 0 Å². The summed E-state index contributed by atoms with van der Waals surface area (Å²) in [5.74, 6) is 1.50. The van der Waals surface area contributed by atoms with Crippen molar-refractivity contribution in [2.45, 2.75) is 31.8 Å². The van der Waals surface area contributed by atoms with E-state index in [-0.39, 0.29) is 17.4 Å². The van der Waals surface area contributed by atoms with Crippen LogP contribution in [0.2, 0.25) is 0 Å². The lowest BCUT2D eigenvalue weighted by Crippen LogP contribution is -2.66. The van der Waals surface area contributed by atoms with Crippen molar-refractivity contribution in [3.63, 3.8) is 0 Å². The zero-order chi connectivity index (χ0) is 17.6. The van der Waals surface area contributed by atoms with Crippen LogP contribution in [0.25, 0.3) is 0 Å². The third-order valence-electron chi connectivity index (χ3n) is 6.21. The second-order valence-corrected chi connectivity index (χ2v) is 7.96. The van der Waals surface area contributed by atoms with Crippen molar-refractivity contribution in [3.05, 3.63) is 24.0 Å². The Morgan fingerprint density at radius 2 is 2.16 bits per heavy atom. The molecule has 2 saturated heterocycles. The molecule has 25 heavy (non-hydrogen) atoms. The Hall–Kier alpha value is -1.82. The molecule has 3 heterocycles. The monoisotopic (exact) mass is 345 g/mol. The molecule has 3 atom stereocenters. The topological polar surface area (TPSA) is 63.6 Å². The van der Waals surface area contributed by atoms with Gasteiger partial charge >= 0.3 is 0 Å². The standard InChI is InChI=1S/C19H27N3O3/c1-13-10-15(13)18(24)22-11-19(12-22)14(6-9-25-19)5-7-20-17(23)16-4-3-8-21(16)2/h3-4,8,13-15H,5-7,9-12H2,1-2H3,(H,20,23). The van der Waals surface area contributed by atoms with Crippen molar-refractivity contribution >= 4 is 11.8 Å². The summed E-state index contributed by atoms with van der Waals surface area (Å²) in [6, 6.07) is 3.69. The number of nitrogens with zero attached hydrogens (tertiary/aromatic N) is 2. The summed E-state index contributed by atoms with van der Waals surface area (Å²) in [5.41, 5.74) is 0.514. The lowest BCUT2D eigenvalue weighted by Gasteiger charge is -2.50. The predicted octanol–water partition coefficient (Wildman–Crippen LogP) is 1.42. The molecule has 6 heteroatoms. The van der Waals surface area contributed by atoms with Crippen molar-refractivity contribution in [3.8, 4) is 0 Å². The molecule has 4 rings (SSSR count). The minimum Gasteiger partial charge on any atom is -0.371 e. The van der Waals surface area contributed by atoms with Gasteiger partial charge < -0.3 is 19.5 Å². The van der Waals surface area contributed by atoms with E-state index in [1.807, 2.05) is 34.8 Å². The average molecular weight is 345 g/mol. The Balaban J connectivity index is 1.26. The first-order valence-electron chi connectivity index (χ1n) is 9.32. The number of carbonyl (C=O) groups is 2. The van der Waals surface area contributed by atoms with Gasteiger partial charge in [0.1, 0.15) is 11.3 Å². The lowest BCUT2D eigenvalue weighted by atomic mass is 9.78. The molecule has 6 nitrogen and oxygen atoms in total. The molecule has 1 aliphatic carbocycles.